The minimum Gasteiger partial charge on any atom is -0.339 e. The van der Waals surface area contributed by atoms with Gasteiger partial charge in [-0.1, -0.05) is 32.0 Å². The number of amides is 1. The van der Waals surface area contributed by atoms with Crippen LogP contribution in [-0.4, -0.2) is 28.5 Å². The van der Waals surface area contributed by atoms with Crippen molar-refractivity contribution in [1.82, 2.24) is 9.47 Å². The van der Waals surface area contributed by atoms with E-state index in [4.69, 9.17) is 0 Å². The molecule has 1 fully saturated rings. The molecule has 116 valence electrons. The number of hydrogen-bond donors (Lipinski definition) is 0. The van der Waals surface area contributed by atoms with Gasteiger partial charge in [-0.3, -0.25) is 9.59 Å². The number of aromatic nitrogens is 1. The summed E-state index contributed by atoms with van der Waals surface area (Å²) in [6, 6.07) is 7.43. The summed E-state index contributed by atoms with van der Waals surface area (Å²) in [5.41, 5.74) is 0.639. The molecule has 4 nitrogen and oxygen atoms in total. The SMILES string of the molecule is CC(C)Cn1cc(C(=O)N2CCCC2)c2ccccc2c1=O. The van der Waals surface area contributed by atoms with Crippen LogP contribution in [0.2, 0.25) is 0 Å². The van der Waals surface area contributed by atoms with Crippen molar-refractivity contribution in [2.24, 2.45) is 5.92 Å². The molecule has 4 heteroatoms. The Labute approximate surface area is 130 Å². The van der Waals surface area contributed by atoms with Crippen molar-refractivity contribution in [1.29, 1.82) is 0 Å². The molecule has 1 saturated heterocycles. The van der Waals surface area contributed by atoms with Gasteiger partial charge >= 0.3 is 0 Å². The quantitative estimate of drug-likeness (QED) is 0.874. The van der Waals surface area contributed by atoms with Crippen molar-refractivity contribution in [3.05, 3.63) is 46.4 Å². The largest absolute Gasteiger partial charge is 0.339 e. The molecule has 0 unspecified atom stereocenters. The Bertz CT molecular complexity index is 755. The van der Waals surface area contributed by atoms with Crippen LogP contribution in [0.1, 0.15) is 37.0 Å². The van der Waals surface area contributed by atoms with E-state index in [9.17, 15) is 9.59 Å². The molecule has 1 aliphatic rings. The normalized spacial score (nSPS) is 15.0. The van der Waals surface area contributed by atoms with Crippen LogP contribution in [0.5, 0.6) is 0 Å². The van der Waals surface area contributed by atoms with Crippen LogP contribution in [-0.2, 0) is 6.54 Å². The van der Waals surface area contributed by atoms with Crippen LogP contribution in [0.15, 0.2) is 35.3 Å². The molecule has 1 aliphatic heterocycles. The molecule has 0 radical (unpaired) electrons. The number of carbonyl (C=O) groups excluding carboxylic acids is 1. The molecule has 0 atom stereocenters. The van der Waals surface area contributed by atoms with Crippen molar-refractivity contribution in [2.45, 2.75) is 33.2 Å². The average Bonchev–Trinajstić information content (AvgIpc) is 3.03. The lowest BCUT2D eigenvalue weighted by Gasteiger charge is -2.18. The zero-order valence-corrected chi connectivity index (χ0v) is 13.2. The zero-order chi connectivity index (χ0) is 15.7. The van der Waals surface area contributed by atoms with Gasteiger partial charge in [0.15, 0.2) is 0 Å². The lowest BCUT2D eigenvalue weighted by molar-refractivity contribution is 0.0793. The summed E-state index contributed by atoms with van der Waals surface area (Å²) in [6.07, 6.45) is 3.88. The first-order valence-electron chi connectivity index (χ1n) is 7.99. The number of likely N-dealkylation sites (tertiary alicyclic amines) is 1. The molecule has 0 spiro atoms. The fourth-order valence-corrected chi connectivity index (χ4v) is 3.13. The minimum absolute atomic E-state index is 0.0118. The monoisotopic (exact) mass is 298 g/mol. The van der Waals surface area contributed by atoms with Crippen molar-refractivity contribution in [3.63, 3.8) is 0 Å². The van der Waals surface area contributed by atoms with E-state index in [1.54, 1.807) is 10.8 Å². The van der Waals surface area contributed by atoms with E-state index in [-0.39, 0.29) is 11.5 Å². The highest BCUT2D eigenvalue weighted by Crippen LogP contribution is 2.20. The number of rotatable bonds is 3. The van der Waals surface area contributed by atoms with Gasteiger partial charge in [-0.2, -0.15) is 0 Å². The minimum atomic E-state index is -0.0118. The van der Waals surface area contributed by atoms with Crippen molar-refractivity contribution in [2.75, 3.05) is 13.1 Å². The lowest BCUT2D eigenvalue weighted by atomic mass is 10.1. The van der Waals surface area contributed by atoms with Crippen LogP contribution in [0.3, 0.4) is 0 Å². The Morgan fingerprint density at radius 3 is 2.41 bits per heavy atom. The predicted molar refractivity (Wildman–Crippen MR) is 88.2 cm³/mol. The summed E-state index contributed by atoms with van der Waals surface area (Å²) >= 11 is 0. The second kappa shape index (κ2) is 5.95. The van der Waals surface area contributed by atoms with E-state index in [1.165, 1.54) is 0 Å². The number of fused-ring (bicyclic) bond motifs is 1. The summed E-state index contributed by atoms with van der Waals surface area (Å²) in [5, 5.41) is 1.40. The molecule has 3 rings (SSSR count). The molecular formula is C18H22N2O2. The summed E-state index contributed by atoms with van der Waals surface area (Å²) in [4.78, 5) is 27.3. The van der Waals surface area contributed by atoms with E-state index >= 15 is 0 Å². The maximum absolute atomic E-state index is 12.8. The van der Waals surface area contributed by atoms with Gasteiger partial charge in [0.1, 0.15) is 0 Å². The van der Waals surface area contributed by atoms with E-state index < -0.39 is 0 Å². The van der Waals surface area contributed by atoms with Gasteiger partial charge in [0.05, 0.1) is 5.56 Å². The number of nitrogens with zero attached hydrogens (tertiary/aromatic N) is 2. The lowest BCUT2D eigenvalue weighted by Crippen LogP contribution is -2.30. The molecule has 0 N–H and O–H groups in total. The Kier molecular flexibility index (Phi) is 4.01. The number of carbonyl (C=O) groups is 1. The Balaban J connectivity index is 2.17. The second-order valence-corrected chi connectivity index (χ2v) is 6.44. The maximum atomic E-state index is 12.8. The van der Waals surface area contributed by atoms with Gasteiger partial charge in [0.25, 0.3) is 11.5 Å². The summed E-state index contributed by atoms with van der Waals surface area (Å²) in [6.45, 7) is 6.41. The average molecular weight is 298 g/mol. The van der Waals surface area contributed by atoms with Crippen LogP contribution < -0.4 is 5.56 Å². The summed E-state index contributed by atoms with van der Waals surface area (Å²) < 4.78 is 1.69. The van der Waals surface area contributed by atoms with E-state index in [0.717, 1.165) is 31.3 Å². The number of hydrogen-bond acceptors (Lipinski definition) is 2. The summed E-state index contributed by atoms with van der Waals surface area (Å²) in [7, 11) is 0. The highest BCUT2D eigenvalue weighted by atomic mass is 16.2. The summed E-state index contributed by atoms with van der Waals surface area (Å²) in [5.74, 6) is 0.403. The van der Waals surface area contributed by atoms with Gasteiger partial charge in [0, 0.05) is 36.6 Å². The van der Waals surface area contributed by atoms with Gasteiger partial charge < -0.3 is 9.47 Å². The molecule has 1 amide bonds. The first kappa shape index (κ1) is 14.8. The zero-order valence-electron chi connectivity index (χ0n) is 13.2. The van der Waals surface area contributed by atoms with Crippen LogP contribution in [0.4, 0.5) is 0 Å². The van der Waals surface area contributed by atoms with Gasteiger partial charge in [-0.15, -0.1) is 0 Å². The third kappa shape index (κ3) is 2.65. The van der Waals surface area contributed by atoms with E-state index in [2.05, 4.69) is 13.8 Å². The molecule has 2 heterocycles. The molecule has 0 saturated carbocycles. The highest BCUT2D eigenvalue weighted by Gasteiger charge is 2.22. The third-order valence-electron chi connectivity index (χ3n) is 4.18. The Hall–Kier alpha value is -2.10. The highest BCUT2D eigenvalue weighted by molar-refractivity contribution is 6.06. The van der Waals surface area contributed by atoms with Crippen LogP contribution in [0, 0.1) is 5.92 Å². The number of benzene rings is 1. The van der Waals surface area contributed by atoms with E-state index in [0.29, 0.717) is 23.4 Å². The molecular weight excluding hydrogens is 276 g/mol. The van der Waals surface area contributed by atoms with Crippen molar-refractivity contribution >= 4 is 16.7 Å². The second-order valence-electron chi connectivity index (χ2n) is 6.44. The maximum Gasteiger partial charge on any atom is 0.258 e. The third-order valence-corrected chi connectivity index (χ3v) is 4.18. The van der Waals surface area contributed by atoms with Crippen molar-refractivity contribution < 1.29 is 4.79 Å². The molecule has 22 heavy (non-hydrogen) atoms. The van der Waals surface area contributed by atoms with Crippen molar-refractivity contribution in [3.8, 4) is 0 Å². The first-order chi connectivity index (χ1) is 10.6. The molecule has 0 aliphatic carbocycles. The molecule has 1 aromatic heterocycles. The van der Waals surface area contributed by atoms with Crippen LogP contribution >= 0.6 is 0 Å². The molecule has 1 aromatic carbocycles. The first-order valence-corrected chi connectivity index (χ1v) is 7.99. The number of pyridine rings is 1. The van der Waals surface area contributed by atoms with E-state index in [1.807, 2.05) is 29.2 Å². The smallest absolute Gasteiger partial charge is 0.258 e. The van der Waals surface area contributed by atoms with Gasteiger partial charge in [0.2, 0.25) is 0 Å². The van der Waals surface area contributed by atoms with Gasteiger partial charge in [-0.05, 0) is 24.8 Å². The Morgan fingerprint density at radius 2 is 1.77 bits per heavy atom. The topological polar surface area (TPSA) is 42.3 Å². The fraction of sp³-hybridized carbons (Fsp3) is 0.444. The Morgan fingerprint density at radius 1 is 1.14 bits per heavy atom. The van der Waals surface area contributed by atoms with Crippen LogP contribution in [0.25, 0.3) is 10.8 Å². The van der Waals surface area contributed by atoms with Gasteiger partial charge in [-0.25, -0.2) is 0 Å². The molecule has 0 bridgehead atoms. The fourth-order valence-electron chi connectivity index (χ4n) is 3.13. The molecule has 2 aromatic rings. The predicted octanol–water partition coefficient (Wildman–Crippen LogP) is 2.89. The standard InChI is InChI=1S/C18H22N2O2/c1-13(2)11-20-12-16(18(22)19-9-5-6-10-19)14-7-3-4-8-15(14)17(20)21/h3-4,7-8,12-13H,5-6,9-11H2,1-2H3.